The highest BCUT2D eigenvalue weighted by Gasteiger charge is 2.12. The van der Waals surface area contributed by atoms with E-state index in [0.29, 0.717) is 17.8 Å². The van der Waals surface area contributed by atoms with Gasteiger partial charge >= 0.3 is 0 Å². The Hall–Kier alpha value is -3.65. The fourth-order valence-electron chi connectivity index (χ4n) is 3.40. The highest BCUT2D eigenvalue weighted by atomic mass is 32.1. The van der Waals surface area contributed by atoms with Crippen molar-refractivity contribution in [1.82, 2.24) is 5.48 Å². The Kier molecular flexibility index (Phi) is 8.60. The Morgan fingerprint density at radius 3 is 2.39 bits per heavy atom. The van der Waals surface area contributed by atoms with Gasteiger partial charge in [0.25, 0.3) is 0 Å². The number of hydrogen-bond donors (Lipinski definition) is 2. The van der Waals surface area contributed by atoms with Crippen molar-refractivity contribution >= 4 is 51.1 Å². The summed E-state index contributed by atoms with van der Waals surface area (Å²) < 4.78 is 1.13. The van der Waals surface area contributed by atoms with E-state index in [4.69, 9.17) is 10.2 Å². The number of nitrogens with one attached hydrogen (secondary N) is 1. The van der Waals surface area contributed by atoms with Crippen LogP contribution in [-0.2, 0) is 11.3 Å². The van der Waals surface area contributed by atoms with Crippen LogP contribution in [0.1, 0.15) is 21.5 Å². The first kappa shape index (κ1) is 24.0. The van der Waals surface area contributed by atoms with Crippen molar-refractivity contribution in [3.8, 4) is 0 Å². The number of carbonyl (C=O) groups excluding carboxylic acids is 2. The van der Waals surface area contributed by atoms with Crippen molar-refractivity contribution in [2.75, 3.05) is 19.0 Å². The lowest BCUT2D eigenvalue weighted by Crippen LogP contribution is -2.16. The second kappa shape index (κ2) is 11.8. The molecule has 4 rings (SSSR count). The first-order valence-corrected chi connectivity index (χ1v) is 11.1. The maximum absolute atomic E-state index is 11.9. The Labute approximate surface area is 196 Å². The minimum atomic E-state index is 0.420. The summed E-state index contributed by atoms with van der Waals surface area (Å²) in [6.45, 7) is 0.656. The van der Waals surface area contributed by atoms with Crippen LogP contribution in [0.2, 0.25) is 0 Å². The van der Waals surface area contributed by atoms with E-state index in [1.54, 1.807) is 16.8 Å². The summed E-state index contributed by atoms with van der Waals surface area (Å²) in [6, 6.07) is 23.3. The molecule has 168 valence electrons. The first-order chi connectivity index (χ1) is 16.1. The Morgan fingerprint density at radius 1 is 1.03 bits per heavy atom. The van der Waals surface area contributed by atoms with Gasteiger partial charge in [-0.2, -0.15) is 0 Å². The zero-order valence-corrected chi connectivity index (χ0v) is 19.3. The summed E-state index contributed by atoms with van der Waals surface area (Å²) in [6.07, 6.45) is 1.66. The van der Waals surface area contributed by atoms with E-state index in [-0.39, 0.29) is 0 Å². The zero-order valence-electron chi connectivity index (χ0n) is 18.4. The maximum Gasteiger partial charge on any atom is 0.169 e. The molecule has 4 aromatic rings. The summed E-state index contributed by atoms with van der Waals surface area (Å²) in [7, 11) is 3.42. The quantitative estimate of drug-likeness (QED) is 0.224. The summed E-state index contributed by atoms with van der Waals surface area (Å²) in [4.78, 5) is 29.6. The summed E-state index contributed by atoms with van der Waals surface area (Å²) in [5.74, 6) is 0. The van der Waals surface area contributed by atoms with Gasteiger partial charge in [-0.15, -0.1) is 11.3 Å². The number of nitrogens with zero attached hydrogens (tertiary/aromatic N) is 2. The van der Waals surface area contributed by atoms with Crippen molar-refractivity contribution in [3.63, 3.8) is 0 Å². The number of hydrogen-bond acceptors (Lipinski definition) is 7. The fraction of sp³-hybridized carbons (Fsp3) is 0.115. The second-order valence-corrected chi connectivity index (χ2v) is 8.10. The predicted molar refractivity (Wildman–Crippen MR) is 135 cm³/mol. The molecular formula is C26H25N3O3S. The van der Waals surface area contributed by atoms with Gasteiger partial charge in [-0.05, 0) is 23.8 Å². The number of fused-ring (bicyclic) bond motifs is 1. The number of hydroxylamine groups is 1. The van der Waals surface area contributed by atoms with E-state index in [1.165, 1.54) is 7.05 Å². The van der Waals surface area contributed by atoms with Gasteiger partial charge in [-0.1, -0.05) is 54.6 Å². The number of thiophene rings is 1. The van der Waals surface area contributed by atoms with Crippen LogP contribution in [0.25, 0.3) is 10.1 Å². The SMILES string of the molecule is CN(Cc1ccc(C=O)cc1)c1ccccc1N=C(C=O)c1csc2ccccc12.CNO. The minimum Gasteiger partial charge on any atom is -0.369 e. The molecule has 0 aliphatic heterocycles. The fourth-order valence-corrected chi connectivity index (χ4v) is 4.35. The van der Waals surface area contributed by atoms with Crippen LogP contribution in [0.4, 0.5) is 11.4 Å². The third-order valence-electron chi connectivity index (χ3n) is 4.94. The molecule has 0 unspecified atom stereocenters. The van der Waals surface area contributed by atoms with Crippen LogP contribution in [0.3, 0.4) is 0 Å². The highest BCUT2D eigenvalue weighted by Crippen LogP contribution is 2.31. The number of rotatable bonds is 7. The van der Waals surface area contributed by atoms with E-state index in [1.807, 2.05) is 85.2 Å². The smallest absolute Gasteiger partial charge is 0.169 e. The standard InChI is InChI=1S/C25H20N2O2S.CH5NO/c1-27(14-18-10-12-19(15-28)13-11-18)24-8-4-3-7-22(24)26-23(16-29)21-17-30-25-9-5-2-6-20(21)25;1-2-3/h2-13,15-17H,14H2,1H3;2-3H,1H3. The maximum atomic E-state index is 11.9. The minimum absolute atomic E-state index is 0.420. The topological polar surface area (TPSA) is 82.0 Å². The number of benzene rings is 3. The van der Waals surface area contributed by atoms with Crippen LogP contribution >= 0.6 is 11.3 Å². The molecule has 0 fully saturated rings. The van der Waals surface area contributed by atoms with Gasteiger partial charge in [0.15, 0.2) is 6.29 Å². The van der Waals surface area contributed by atoms with Gasteiger partial charge in [0.1, 0.15) is 12.0 Å². The lowest BCUT2D eigenvalue weighted by Gasteiger charge is -2.21. The van der Waals surface area contributed by atoms with Crippen molar-refractivity contribution in [3.05, 3.63) is 94.9 Å². The Balaban J connectivity index is 0.000000968. The second-order valence-electron chi connectivity index (χ2n) is 7.19. The van der Waals surface area contributed by atoms with Crippen LogP contribution in [0.5, 0.6) is 0 Å². The summed E-state index contributed by atoms with van der Waals surface area (Å²) in [5, 5.41) is 10.3. The molecule has 2 N–H and O–H groups in total. The number of anilines is 1. The van der Waals surface area contributed by atoms with Crippen LogP contribution in [-0.4, -0.2) is 37.6 Å². The van der Waals surface area contributed by atoms with Gasteiger partial charge in [-0.3, -0.25) is 9.59 Å². The van der Waals surface area contributed by atoms with Crippen LogP contribution < -0.4 is 10.4 Å². The average molecular weight is 460 g/mol. The van der Waals surface area contributed by atoms with Crippen molar-refractivity contribution < 1.29 is 14.8 Å². The first-order valence-electron chi connectivity index (χ1n) is 10.3. The molecule has 1 heterocycles. The molecule has 1 aromatic heterocycles. The molecular weight excluding hydrogens is 434 g/mol. The number of carbonyl (C=O) groups is 2. The van der Waals surface area contributed by atoms with Crippen molar-refractivity contribution in [2.24, 2.45) is 4.99 Å². The largest absolute Gasteiger partial charge is 0.369 e. The molecule has 0 aliphatic rings. The molecule has 0 spiro atoms. The predicted octanol–water partition coefficient (Wildman–Crippen LogP) is 5.26. The van der Waals surface area contributed by atoms with E-state index in [2.05, 4.69) is 4.90 Å². The van der Waals surface area contributed by atoms with Gasteiger partial charge in [0, 0.05) is 47.2 Å². The molecule has 0 radical (unpaired) electrons. The molecule has 0 saturated carbocycles. The van der Waals surface area contributed by atoms with E-state index < -0.39 is 0 Å². The number of aliphatic imine (C=N–C) groups is 1. The van der Waals surface area contributed by atoms with Gasteiger partial charge in [-0.25, -0.2) is 10.5 Å². The molecule has 0 bridgehead atoms. The average Bonchev–Trinajstić information content (AvgIpc) is 3.28. The van der Waals surface area contributed by atoms with Crippen LogP contribution in [0, 0.1) is 0 Å². The van der Waals surface area contributed by atoms with E-state index in [9.17, 15) is 9.59 Å². The molecule has 3 aromatic carbocycles. The highest BCUT2D eigenvalue weighted by molar-refractivity contribution is 7.17. The Bertz CT molecular complexity index is 1250. The molecule has 0 atom stereocenters. The number of para-hydroxylation sites is 2. The molecule has 0 saturated heterocycles. The third kappa shape index (κ3) is 5.98. The lowest BCUT2D eigenvalue weighted by molar-refractivity contribution is -0.102. The summed E-state index contributed by atoms with van der Waals surface area (Å²) in [5.41, 5.74) is 6.43. The third-order valence-corrected chi connectivity index (χ3v) is 5.90. The van der Waals surface area contributed by atoms with E-state index >= 15 is 0 Å². The van der Waals surface area contributed by atoms with Gasteiger partial charge in [0.05, 0.1) is 11.4 Å². The number of aldehydes is 2. The normalized spacial score (nSPS) is 10.9. The van der Waals surface area contributed by atoms with E-state index in [0.717, 1.165) is 45.2 Å². The molecule has 0 aliphatic carbocycles. The molecule has 6 nitrogen and oxygen atoms in total. The van der Waals surface area contributed by atoms with Crippen molar-refractivity contribution in [1.29, 1.82) is 0 Å². The monoisotopic (exact) mass is 459 g/mol. The molecule has 33 heavy (non-hydrogen) atoms. The van der Waals surface area contributed by atoms with Gasteiger partial charge in [0.2, 0.25) is 0 Å². The zero-order chi connectivity index (χ0) is 23.6. The lowest BCUT2D eigenvalue weighted by atomic mass is 10.1. The molecule has 7 heteroatoms. The Morgan fingerprint density at radius 2 is 1.70 bits per heavy atom. The van der Waals surface area contributed by atoms with Gasteiger partial charge < -0.3 is 10.1 Å². The van der Waals surface area contributed by atoms with Crippen molar-refractivity contribution in [2.45, 2.75) is 6.54 Å². The molecule has 0 amide bonds. The van der Waals surface area contributed by atoms with Crippen LogP contribution in [0.15, 0.2) is 83.2 Å². The summed E-state index contributed by atoms with van der Waals surface area (Å²) >= 11 is 1.61.